The summed E-state index contributed by atoms with van der Waals surface area (Å²) in [5.41, 5.74) is 3.04. The van der Waals surface area contributed by atoms with E-state index in [0.29, 0.717) is 0 Å². The summed E-state index contributed by atoms with van der Waals surface area (Å²) in [6.45, 7) is 0. The number of hydrogen-bond acceptors (Lipinski definition) is 1. The fraction of sp³-hybridized carbons (Fsp3) is 0. The molecule has 2 nitrogen and oxygen atoms in total. The monoisotopic (exact) mass is 479 g/mol. The Morgan fingerprint density at radius 1 is 0.792 bits per heavy atom. The van der Waals surface area contributed by atoms with Gasteiger partial charge in [-0.15, -0.1) is 5.52 Å². The zero-order chi connectivity index (χ0) is 14.1. The van der Waals surface area contributed by atoms with Crippen molar-refractivity contribution in [1.29, 1.82) is 0 Å². The van der Waals surface area contributed by atoms with Crippen LogP contribution in [0.2, 0.25) is 0 Å². The Morgan fingerprint density at radius 3 is 2.29 bits per heavy atom. The van der Waals surface area contributed by atoms with Gasteiger partial charge in [-0.1, -0.05) is 48.5 Å². The van der Waals surface area contributed by atoms with E-state index in [2.05, 4.69) is 40.3 Å². The van der Waals surface area contributed by atoms with Crippen LogP contribution in [0.1, 0.15) is 5.56 Å². The molecule has 3 aromatic carbocycles. The summed E-state index contributed by atoms with van der Waals surface area (Å²) in [5, 5.41) is 3.55. The van der Waals surface area contributed by atoms with Gasteiger partial charge < -0.3 is 19.8 Å². The van der Waals surface area contributed by atoms with Gasteiger partial charge in [0.15, 0.2) is 0 Å². The predicted octanol–water partition coefficient (Wildman–Crippen LogP) is 5.60. The number of aliphatic imine (C=N–C) groups is 1. The van der Waals surface area contributed by atoms with Crippen molar-refractivity contribution < 1.29 is 25.8 Å². The van der Waals surface area contributed by atoms with E-state index < -0.39 is 0 Å². The van der Waals surface area contributed by atoms with E-state index in [1.165, 1.54) is 10.8 Å². The van der Waals surface area contributed by atoms with E-state index in [4.69, 9.17) is 0 Å². The summed E-state index contributed by atoms with van der Waals surface area (Å²) in [7, 11) is 0. The molecule has 4 rings (SSSR count). The maximum absolute atomic E-state index is 4.59. The van der Waals surface area contributed by atoms with E-state index in [1.807, 2.05) is 48.8 Å². The Labute approximate surface area is 162 Å². The normalized spacial score (nSPS) is 10.2. The first-order valence-corrected chi connectivity index (χ1v) is 6.94. The second-order valence-electron chi connectivity index (χ2n) is 4.99. The van der Waals surface area contributed by atoms with Crippen molar-refractivity contribution in [2.45, 2.75) is 0 Å². The molecule has 0 saturated heterocycles. The Hall–Kier alpha value is -2.00. The number of fused-ring (bicyclic) bond motifs is 2. The Balaban J connectivity index is 0.000000960. The van der Waals surface area contributed by atoms with Crippen LogP contribution in [-0.4, -0.2) is 6.21 Å². The average Bonchev–Trinajstić information content (AvgIpc) is 3.00. The third kappa shape index (κ3) is 3.73. The standard InChI is InChI=1S/C19H13N2.2CH3.Hf/c1-2-7-16(8-3-1)21-13-18-17-9-5-4-6-14(17)12-15-10-11-20-19(15)18;;;/h1-13H;2*1H3;/q3*-1;. The van der Waals surface area contributed by atoms with Gasteiger partial charge in [-0.05, 0) is 39.9 Å². The van der Waals surface area contributed by atoms with Gasteiger partial charge >= 0.3 is 0 Å². The molecule has 0 spiro atoms. The van der Waals surface area contributed by atoms with Gasteiger partial charge in [-0.3, -0.25) is 4.99 Å². The van der Waals surface area contributed by atoms with Crippen LogP contribution in [0.5, 0.6) is 0 Å². The van der Waals surface area contributed by atoms with Gasteiger partial charge in [0.2, 0.25) is 0 Å². The van der Waals surface area contributed by atoms with Crippen molar-refractivity contribution in [2.75, 3.05) is 0 Å². The molecule has 0 N–H and O–H groups in total. The van der Waals surface area contributed by atoms with Crippen LogP contribution in [0.15, 0.2) is 77.9 Å². The van der Waals surface area contributed by atoms with Crippen LogP contribution in [0.3, 0.4) is 0 Å². The SMILES string of the molecule is C(=Nc1ccccc1)c1c2ccccc2cc2cc[n-]c12.[CH3-].[CH3-].[Hf]. The van der Waals surface area contributed by atoms with E-state index >= 15 is 0 Å². The van der Waals surface area contributed by atoms with Gasteiger partial charge in [-0.2, -0.15) is 6.20 Å². The first-order valence-electron chi connectivity index (χ1n) is 6.94. The number of aromatic nitrogens is 1. The zero-order valence-electron chi connectivity index (χ0n) is 13.9. The van der Waals surface area contributed by atoms with Crippen LogP contribution in [0, 0.1) is 14.9 Å². The fourth-order valence-corrected chi connectivity index (χ4v) is 2.63. The van der Waals surface area contributed by atoms with Crippen molar-refractivity contribution >= 4 is 33.6 Å². The number of hydrogen-bond donors (Lipinski definition) is 0. The summed E-state index contributed by atoms with van der Waals surface area (Å²) < 4.78 is 0. The van der Waals surface area contributed by atoms with Crippen molar-refractivity contribution in [3.63, 3.8) is 0 Å². The Bertz CT molecular complexity index is 940. The summed E-state index contributed by atoms with van der Waals surface area (Å²) in [4.78, 5) is 9.08. The van der Waals surface area contributed by atoms with Crippen molar-refractivity contribution in [3.8, 4) is 0 Å². The van der Waals surface area contributed by atoms with Crippen LogP contribution in [0.25, 0.3) is 21.7 Å². The quantitative estimate of drug-likeness (QED) is 0.210. The van der Waals surface area contributed by atoms with Gasteiger partial charge in [-0.25, -0.2) is 0 Å². The first-order chi connectivity index (χ1) is 10.4. The molecule has 0 saturated carbocycles. The minimum Gasteiger partial charge on any atom is -0.663 e. The minimum absolute atomic E-state index is 0. The van der Waals surface area contributed by atoms with Crippen molar-refractivity contribution in [2.24, 2.45) is 4.99 Å². The molecular weight excluding hydrogens is 459 g/mol. The molecule has 24 heavy (non-hydrogen) atoms. The van der Waals surface area contributed by atoms with Gasteiger partial charge in [0.1, 0.15) is 0 Å². The number of nitrogens with zero attached hydrogens (tertiary/aromatic N) is 2. The second kappa shape index (κ2) is 8.74. The minimum atomic E-state index is 0. The molecule has 0 unspecified atom stereocenters. The largest absolute Gasteiger partial charge is 0.663 e. The molecule has 4 aromatic rings. The molecule has 1 heterocycles. The second-order valence-corrected chi connectivity index (χ2v) is 4.99. The Kier molecular flexibility index (Phi) is 7.30. The van der Waals surface area contributed by atoms with E-state index in [9.17, 15) is 0 Å². The molecule has 120 valence electrons. The van der Waals surface area contributed by atoms with Crippen molar-refractivity contribution in [1.82, 2.24) is 4.98 Å². The fourth-order valence-electron chi connectivity index (χ4n) is 2.63. The van der Waals surface area contributed by atoms with Gasteiger partial charge in [0, 0.05) is 32.1 Å². The molecule has 0 aliphatic rings. The number of rotatable bonds is 2. The average molecular weight is 478 g/mol. The molecule has 0 amide bonds. The molecule has 0 aliphatic carbocycles. The predicted molar refractivity (Wildman–Crippen MR) is 101 cm³/mol. The third-order valence-corrected chi connectivity index (χ3v) is 3.65. The smallest absolute Gasteiger partial charge is 0.0629 e. The molecular formula is C21H19HfN2-3. The van der Waals surface area contributed by atoms with Crippen LogP contribution >= 0.6 is 0 Å². The molecule has 0 atom stereocenters. The maximum atomic E-state index is 4.59. The summed E-state index contributed by atoms with van der Waals surface area (Å²) in [6, 6.07) is 22.6. The van der Waals surface area contributed by atoms with Gasteiger partial charge in [0.05, 0.1) is 5.69 Å². The van der Waals surface area contributed by atoms with E-state index in [1.54, 1.807) is 0 Å². The first kappa shape index (κ1) is 20.0. The molecule has 1 aromatic heterocycles. The summed E-state index contributed by atoms with van der Waals surface area (Å²) in [6.07, 6.45) is 3.77. The van der Waals surface area contributed by atoms with E-state index in [0.717, 1.165) is 22.2 Å². The molecule has 0 radical (unpaired) electrons. The Morgan fingerprint density at radius 2 is 1.50 bits per heavy atom. The van der Waals surface area contributed by atoms with Gasteiger partial charge in [0.25, 0.3) is 0 Å². The zero-order valence-corrected chi connectivity index (χ0v) is 17.5. The topological polar surface area (TPSA) is 26.5 Å². The van der Waals surface area contributed by atoms with E-state index in [-0.39, 0.29) is 40.7 Å². The van der Waals surface area contributed by atoms with Crippen LogP contribution < -0.4 is 4.98 Å². The third-order valence-electron chi connectivity index (χ3n) is 3.65. The maximum Gasteiger partial charge on any atom is 0.0629 e. The van der Waals surface area contributed by atoms with Crippen LogP contribution in [0.4, 0.5) is 5.69 Å². The van der Waals surface area contributed by atoms with Crippen molar-refractivity contribution in [3.05, 3.63) is 93.3 Å². The molecule has 0 bridgehead atoms. The summed E-state index contributed by atoms with van der Waals surface area (Å²) in [5.74, 6) is 0. The summed E-state index contributed by atoms with van der Waals surface area (Å²) >= 11 is 0. The molecule has 0 fully saturated rings. The molecule has 0 aliphatic heterocycles. The number of benzene rings is 3. The molecule has 3 heteroatoms. The van der Waals surface area contributed by atoms with Crippen LogP contribution in [-0.2, 0) is 25.8 Å². The number of para-hydroxylation sites is 1.